The zero-order valence-electron chi connectivity index (χ0n) is 13.3. The van der Waals surface area contributed by atoms with Crippen LogP contribution in [0, 0.1) is 17.5 Å². The first-order valence-corrected chi connectivity index (χ1v) is 7.75. The standard InChI is InChI=1S/C18H17F3N2O.ClH/c19-14-5-1-3-12(9-14)16-11-22-7-8-23(16)17(24)10-13-4-2-6-15(20)18(13)21;/h1-6,9,16,22H,7-8,10-11H2;1H. The smallest absolute Gasteiger partial charge is 0.227 e. The fourth-order valence-electron chi connectivity index (χ4n) is 2.96. The molecule has 0 bridgehead atoms. The minimum atomic E-state index is -0.997. The van der Waals surface area contributed by atoms with Crippen LogP contribution < -0.4 is 5.32 Å². The molecule has 25 heavy (non-hydrogen) atoms. The molecular formula is C18H18ClF3N2O. The van der Waals surface area contributed by atoms with Gasteiger partial charge in [-0.05, 0) is 23.8 Å². The maximum Gasteiger partial charge on any atom is 0.227 e. The fourth-order valence-corrected chi connectivity index (χ4v) is 2.96. The highest BCUT2D eigenvalue weighted by Gasteiger charge is 2.28. The number of hydrogen-bond acceptors (Lipinski definition) is 2. The van der Waals surface area contributed by atoms with E-state index in [1.165, 1.54) is 24.3 Å². The molecule has 2 aromatic carbocycles. The number of hydrogen-bond donors (Lipinski definition) is 1. The Hall–Kier alpha value is -2.05. The van der Waals surface area contributed by atoms with Crippen LogP contribution in [0.4, 0.5) is 13.2 Å². The van der Waals surface area contributed by atoms with E-state index in [0.717, 1.165) is 6.07 Å². The fraction of sp³-hybridized carbons (Fsp3) is 0.278. The lowest BCUT2D eigenvalue weighted by Crippen LogP contribution is -2.49. The second-order valence-corrected chi connectivity index (χ2v) is 5.75. The summed E-state index contributed by atoms with van der Waals surface area (Å²) in [5.74, 6) is -2.65. The number of amides is 1. The van der Waals surface area contributed by atoms with Crippen LogP contribution in [-0.4, -0.2) is 30.4 Å². The van der Waals surface area contributed by atoms with Crippen LogP contribution in [0.2, 0.25) is 0 Å². The van der Waals surface area contributed by atoms with E-state index in [2.05, 4.69) is 5.32 Å². The van der Waals surface area contributed by atoms with Crippen LogP contribution in [0.5, 0.6) is 0 Å². The molecule has 1 heterocycles. The molecule has 1 unspecified atom stereocenters. The molecule has 0 saturated carbocycles. The van der Waals surface area contributed by atoms with Gasteiger partial charge in [0, 0.05) is 25.2 Å². The van der Waals surface area contributed by atoms with Crippen molar-refractivity contribution in [3.63, 3.8) is 0 Å². The average Bonchev–Trinajstić information content (AvgIpc) is 2.59. The third kappa shape index (κ3) is 4.32. The number of piperazine rings is 1. The first-order chi connectivity index (χ1) is 11.6. The summed E-state index contributed by atoms with van der Waals surface area (Å²) in [5, 5.41) is 3.17. The van der Waals surface area contributed by atoms with Crippen molar-refractivity contribution >= 4 is 18.3 Å². The highest BCUT2D eigenvalue weighted by atomic mass is 35.5. The number of benzene rings is 2. The van der Waals surface area contributed by atoms with Crippen LogP contribution in [-0.2, 0) is 11.2 Å². The lowest BCUT2D eigenvalue weighted by atomic mass is 10.0. The monoisotopic (exact) mass is 370 g/mol. The molecule has 134 valence electrons. The van der Waals surface area contributed by atoms with E-state index in [0.29, 0.717) is 25.2 Å². The minimum absolute atomic E-state index is 0. The van der Waals surface area contributed by atoms with Gasteiger partial charge < -0.3 is 10.2 Å². The van der Waals surface area contributed by atoms with Gasteiger partial charge >= 0.3 is 0 Å². The normalized spacial score (nSPS) is 17.1. The van der Waals surface area contributed by atoms with E-state index in [-0.39, 0.29) is 42.2 Å². The van der Waals surface area contributed by atoms with Crippen molar-refractivity contribution in [3.8, 4) is 0 Å². The van der Waals surface area contributed by atoms with Crippen LogP contribution in [0.15, 0.2) is 42.5 Å². The Kier molecular flexibility index (Phi) is 6.45. The Balaban J connectivity index is 0.00000225. The Morgan fingerprint density at radius 1 is 1.16 bits per heavy atom. The van der Waals surface area contributed by atoms with E-state index in [1.54, 1.807) is 17.0 Å². The molecule has 1 atom stereocenters. The predicted octanol–water partition coefficient (Wildman–Crippen LogP) is 3.24. The van der Waals surface area contributed by atoms with E-state index in [9.17, 15) is 18.0 Å². The molecule has 0 aliphatic carbocycles. The molecule has 1 N–H and O–H groups in total. The van der Waals surface area contributed by atoms with Crippen molar-refractivity contribution < 1.29 is 18.0 Å². The molecule has 7 heteroatoms. The quantitative estimate of drug-likeness (QED) is 0.899. The van der Waals surface area contributed by atoms with Gasteiger partial charge in [-0.3, -0.25) is 4.79 Å². The van der Waals surface area contributed by atoms with Crippen molar-refractivity contribution in [1.82, 2.24) is 10.2 Å². The summed E-state index contributed by atoms with van der Waals surface area (Å²) in [6.45, 7) is 1.51. The van der Waals surface area contributed by atoms with Crippen LogP contribution in [0.25, 0.3) is 0 Å². The summed E-state index contributed by atoms with van der Waals surface area (Å²) in [6, 6.07) is 9.54. The molecule has 1 saturated heterocycles. The summed E-state index contributed by atoms with van der Waals surface area (Å²) in [4.78, 5) is 14.2. The number of nitrogens with zero attached hydrogens (tertiary/aromatic N) is 1. The Morgan fingerprint density at radius 2 is 1.92 bits per heavy atom. The minimum Gasteiger partial charge on any atom is -0.333 e. The molecule has 2 aromatic rings. The summed E-state index contributed by atoms with van der Waals surface area (Å²) in [5.41, 5.74) is 0.701. The highest BCUT2D eigenvalue weighted by molar-refractivity contribution is 5.85. The molecule has 0 radical (unpaired) electrons. The van der Waals surface area contributed by atoms with E-state index >= 15 is 0 Å². The molecule has 1 aliphatic rings. The third-order valence-electron chi connectivity index (χ3n) is 4.17. The van der Waals surface area contributed by atoms with E-state index in [1.807, 2.05) is 0 Å². The maximum atomic E-state index is 13.8. The second-order valence-electron chi connectivity index (χ2n) is 5.75. The Labute approximate surface area is 150 Å². The van der Waals surface area contributed by atoms with E-state index < -0.39 is 11.6 Å². The van der Waals surface area contributed by atoms with Crippen molar-refractivity contribution in [2.45, 2.75) is 12.5 Å². The lowest BCUT2D eigenvalue weighted by molar-refractivity contribution is -0.133. The molecule has 0 spiro atoms. The van der Waals surface area contributed by atoms with Gasteiger partial charge in [-0.2, -0.15) is 0 Å². The Morgan fingerprint density at radius 3 is 2.68 bits per heavy atom. The lowest BCUT2D eigenvalue weighted by Gasteiger charge is -2.36. The summed E-state index contributed by atoms with van der Waals surface area (Å²) in [7, 11) is 0. The number of halogens is 4. The molecule has 0 aromatic heterocycles. The summed E-state index contributed by atoms with van der Waals surface area (Å²) >= 11 is 0. The molecule has 3 nitrogen and oxygen atoms in total. The van der Waals surface area contributed by atoms with Gasteiger partial charge in [0.05, 0.1) is 12.5 Å². The zero-order chi connectivity index (χ0) is 17.1. The van der Waals surface area contributed by atoms with Crippen molar-refractivity contribution in [3.05, 3.63) is 71.0 Å². The van der Waals surface area contributed by atoms with Crippen molar-refractivity contribution in [1.29, 1.82) is 0 Å². The number of nitrogens with one attached hydrogen (secondary N) is 1. The molecule has 3 rings (SSSR count). The highest BCUT2D eigenvalue weighted by Crippen LogP contribution is 2.24. The first kappa shape index (κ1) is 19.3. The number of carbonyl (C=O) groups excluding carboxylic acids is 1. The zero-order valence-corrected chi connectivity index (χ0v) is 14.2. The van der Waals surface area contributed by atoms with Crippen molar-refractivity contribution in [2.75, 3.05) is 19.6 Å². The molecular weight excluding hydrogens is 353 g/mol. The largest absolute Gasteiger partial charge is 0.333 e. The van der Waals surface area contributed by atoms with Gasteiger partial charge in [0.25, 0.3) is 0 Å². The Bertz CT molecular complexity index is 757. The van der Waals surface area contributed by atoms with Gasteiger partial charge in [0.2, 0.25) is 5.91 Å². The number of rotatable bonds is 3. The van der Waals surface area contributed by atoms with E-state index in [4.69, 9.17) is 0 Å². The number of carbonyl (C=O) groups is 1. The van der Waals surface area contributed by atoms with Gasteiger partial charge in [0.1, 0.15) is 5.82 Å². The third-order valence-corrected chi connectivity index (χ3v) is 4.17. The van der Waals surface area contributed by atoms with Gasteiger partial charge in [0.15, 0.2) is 11.6 Å². The average molecular weight is 371 g/mol. The van der Waals surface area contributed by atoms with Gasteiger partial charge in [-0.15, -0.1) is 12.4 Å². The maximum absolute atomic E-state index is 13.8. The summed E-state index contributed by atoms with van der Waals surface area (Å²) in [6.07, 6.45) is -0.227. The molecule has 1 fully saturated rings. The SMILES string of the molecule is Cl.O=C(Cc1cccc(F)c1F)N1CCNCC1c1cccc(F)c1. The van der Waals surface area contributed by atoms with Crippen molar-refractivity contribution in [2.24, 2.45) is 0 Å². The van der Waals surface area contributed by atoms with Crippen LogP contribution in [0.1, 0.15) is 17.2 Å². The second kappa shape index (κ2) is 8.36. The topological polar surface area (TPSA) is 32.3 Å². The van der Waals surface area contributed by atoms with Gasteiger partial charge in [-0.1, -0.05) is 24.3 Å². The molecule has 1 amide bonds. The predicted molar refractivity (Wildman–Crippen MR) is 91.0 cm³/mol. The van der Waals surface area contributed by atoms with Gasteiger partial charge in [-0.25, -0.2) is 13.2 Å². The first-order valence-electron chi connectivity index (χ1n) is 7.75. The van der Waals surface area contributed by atoms with Crippen LogP contribution in [0.3, 0.4) is 0 Å². The summed E-state index contributed by atoms with van der Waals surface area (Å²) < 4.78 is 40.6. The molecule has 1 aliphatic heterocycles. The van der Waals surface area contributed by atoms with Crippen LogP contribution >= 0.6 is 12.4 Å².